The first-order valence-corrected chi connectivity index (χ1v) is 10.5. The SMILES string of the molecule is CC(Sc1nnc(C2CC2)n1Cc1ccco1)C(=O)Nc1ccc(Cl)cc1Cl. The van der Waals surface area contributed by atoms with Gasteiger partial charge in [-0.1, -0.05) is 35.0 Å². The maximum atomic E-state index is 12.6. The minimum Gasteiger partial charge on any atom is -0.467 e. The van der Waals surface area contributed by atoms with Crippen molar-refractivity contribution in [2.75, 3.05) is 5.32 Å². The van der Waals surface area contributed by atoms with Gasteiger partial charge in [-0.2, -0.15) is 0 Å². The van der Waals surface area contributed by atoms with Crippen LogP contribution in [0.3, 0.4) is 0 Å². The van der Waals surface area contributed by atoms with Crippen molar-refractivity contribution in [3.05, 3.63) is 58.2 Å². The molecule has 1 fully saturated rings. The number of hydrogen-bond acceptors (Lipinski definition) is 5. The van der Waals surface area contributed by atoms with E-state index in [1.165, 1.54) is 11.8 Å². The highest BCUT2D eigenvalue weighted by molar-refractivity contribution is 8.00. The van der Waals surface area contributed by atoms with Crippen LogP contribution in [0.2, 0.25) is 10.0 Å². The monoisotopic (exact) mass is 436 g/mol. The predicted octanol–water partition coefficient (Wildman–Crippen LogP) is 5.22. The van der Waals surface area contributed by atoms with Gasteiger partial charge in [-0.25, -0.2) is 0 Å². The zero-order valence-corrected chi connectivity index (χ0v) is 17.4. The molecule has 6 nitrogen and oxygen atoms in total. The van der Waals surface area contributed by atoms with E-state index in [4.69, 9.17) is 27.6 Å². The summed E-state index contributed by atoms with van der Waals surface area (Å²) in [5, 5.41) is 12.7. The molecule has 0 saturated heterocycles. The number of furan rings is 1. The van der Waals surface area contributed by atoms with E-state index in [9.17, 15) is 4.79 Å². The molecule has 1 atom stereocenters. The molecule has 28 heavy (non-hydrogen) atoms. The van der Waals surface area contributed by atoms with Crippen molar-refractivity contribution in [3.8, 4) is 0 Å². The van der Waals surface area contributed by atoms with E-state index in [1.54, 1.807) is 24.5 Å². The number of hydrogen-bond donors (Lipinski definition) is 1. The highest BCUT2D eigenvalue weighted by atomic mass is 35.5. The van der Waals surface area contributed by atoms with Gasteiger partial charge in [0, 0.05) is 10.9 Å². The number of nitrogens with zero attached hydrogens (tertiary/aromatic N) is 3. The summed E-state index contributed by atoms with van der Waals surface area (Å²) in [6, 6.07) is 8.74. The standard InChI is InChI=1S/C19H18Cl2N4O2S/c1-11(18(26)22-16-7-6-13(20)9-15(16)21)28-19-24-23-17(12-4-5-12)25(19)10-14-3-2-8-27-14/h2-3,6-9,11-12H,4-5,10H2,1H3,(H,22,26). The van der Waals surface area contributed by atoms with Crippen molar-refractivity contribution >= 4 is 46.6 Å². The molecule has 1 amide bonds. The molecule has 1 aromatic carbocycles. The second-order valence-corrected chi connectivity index (χ2v) is 8.81. The van der Waals surface area contributed by atoms with Crippen molar-refractivity contribution in [1.29, 1.82) is 0 Å². The second-order valence-electron chi connectivity index (χ2n) is 6.65. The highest BCUT2D eigenvalue weighted by Crippen LogP contribution is 2.40. The van der Waals surface area contributed by atoms with Crippen molar-refractivity contribution in [2.24, 2.45) is 0 Å². The van der Waals surface area contributed by atoms with Gasteiger partial charge < -0.3 is 9.73 Å². The molecule has 0 radical (unpaired) electrons. The van der Waals surface area contributed by atoms with E-state index in [0.717, 1.165) is 24.4 Å². The van der Waals surface area contributed by atoms with E-state index in [2.05, 4.69) is 15.5 Å². The second kappa shape index (κ2) is 8.19. The number of anilines is 1. The van der Waals surface area contributed by atoms with Gasteiger partial charge in [0.1, 0.15) is 11.6 Å². The number of thioether (sulfide) groups is 1. The first kappa shape index (κ1) is 19.4. The maximum Gasteiger partial charge on any atom is 0.237 e. The molecule has 1 saturated carbocycles. The average molecular weight is 437 g/mol. The number of amides is 1. The number of halogens is 2. The zero-order chi connectivity index (χ0) is 19.7. The first-order chi connectivity index (χ1) is 13.5. The molecule has 1 aliphatic rings. The van der Waals surface area contributed by atoms with Gasteiger partial charge in [-0.15, -0.1) is 10.2 Å². The molecular formula is C19H18Cl2N4O2S. The van der Waals surface area contributed by atoms with Crippen LogP contribution in [0.1, 0.15) is 37.3 Å². The van der Waals surface area contributed by atoms with Crippen molar-refractivity contribution in [1.82, 2.24) is 14.8 Å². The zero-order valence-electron chi connectivity index (χ0n) is 15.1. The molecule has 0 bridgehead atoms. The molecule has 2 aromatic heterocycles. The van der Waals surface area contributed by atoms with Crippen LogP contribution in [0.5, 0.6) is 0 Å². The Hall–Kier alpha value is -1.96. The third kappa shape index (κ3) is 4.37. The first-order valence-electron chi connectivity index (χ1n) is 8.89. The Labute approximate surface area is 176 Å². The van der Waals surface area contributed by atoms with Crippen LogP contribution < -0.4 is 5.32 Å². The predicted molar refractivity (Wildman–Crippen MR) is 110 cm³/mol. The third-order valence-electron chi connectivity index (χ3n) is 4.42. The number of carbonyl (C=O) groups is 1. The van der Waals surface area contributed by atoms with Crippen molar-refractivity contribution in [2.45, 2.75) is 42.6 Å². The lowest BCUT2D eigenvalue weighted by Gasteiger charge is -2.14. The molecule has 2 heterocycles. The quantitative estimate of drug-likeness (QED) is 0.513. The Kier molecular flexibility index (Phi) is 5.66. The van der Waals surface area contributed by atoms with E-state index in [0.29, 0.717) is 33.4 Å². The van der Waals surface area contributed by atoms with Crippen LogP contribution in [0, 0.1) is 0 Å². The molecule has 1 N–H and O–H groups in total. The molecule has 1 unspecified atom stereocenters. The molecule has 3 aromatic rings. The third-order valence-corrected chi connectivity index (χ3v) is 6.05. The van der Waals surface area contributed by atoms with Gasteiger partial charge >= 0.3 is 0 Å². The summed E-state index contributed by atoms with van der Waals surface area (Å²) in [6.45, 7) is 2.37. The summed E-state index contributed by atoms with van der Waals surface area (Å²) in [5.74, 6) is 2.05. The molecule has 1 aliphatic carbocycles. The number of carbonyl (C=O) groups excluding carboxylic acids is 1. The summed E-state index contributed by atoms with van der Waals surface area (Å²) in [7, 11) is 0. The van der Waals surface area contributed by atoms with Gasteiger partial charge in [-0.05, 0) is 50.1 Å². The Morgan fingerprint density at radius 2 is 2.18 bits per heavy atom. The number of benzene rings is 1. The van der Waals surface area contributed by atoms with Gasteiger partial charge in [0.15, 0.2) is 5.16 Å². The summed E-state index contributed by atoms with van der Waals surface area (Å²) in [5.41, 5.74) is 0.527. The number of nitrogens with one attached hydrogen (secondary N) is 1. The molecular weight excluding hydrogens is 419 g/mol. The molecule has 0 aliphatic heterocycles. The normalized spacial score (nSPS) is 14.8. The fourth-order valence-electron chi connectivity index (χ4n) is 2.77. The van der Waals surface area contributed by atoms with E-state index in [-0.39, 0.29) is 5.91 Å². The van der Waals surface area contributed by atoms with Gasteiger partial charge in [0.2, 0.25) is 5.91 Å². The Morgan fingerprint density at radius 3 is 2.86 bits per heavy atom. The average Bonchev–Trinajstić information content (AvgIpc) is 3.23. The summed E-state index contributed by atoms with van der Waals surface area (Å²) >= 11 is 13.4. The van der Waals surface area contributed by atoms with Crippen LogP contribution >= 0.6 is 35.0 Å². The topological polar surface area (TPSA) is 73.0 Å². The van der Waals surface area contributed by atoms with Gasteiger partial charge in [-0.3, -0.25) is 9.36 Å². The Bertz CT molecular complexity index is 986. The Balaban J connectivity index is 1.49. The lowest BCUT2D eigenvalue weighted by Crippen LogP contribution is -2.23. The molecule has 4 rings (SSSR count). The van der Waals surface area contributed by atoms with Gasteiger partial charge in [0.25, 0.3) is 0 Å². The summed E-state index contributed by atoms with van der Waals surface area (Å²) in [6.07, 6.45) is 3.88. The lowest BCUT2D eigenvalue weighted by atomic mass is 10.3. The lowest BCUT2D eigenvalue weighted by molar-refractivity contribution is -0.115. The van der Waals surface area contributed by atoms with Crippen molar-refractivity contribution < 1.29 is 9.21 Å². The van der Waals surface area contributed by atoms with E-state index in [1.807, 2.05) is 23.6 Å². The fraction of sp³-hybridized carbons (Fsp3) is 0.316. The minimum atomic E-state index is -0.390. The van der Waals surface area contributed by atoms with Crippen LogP contribution in [-0.2, 0) is 11.3 Å². The van der Waals surface area contributed by atoms with Crippen LogP contribution in [0.4, 0.5) is 5.69 Å². The number of aromatic nitrogens is 3. The fourth-order valence-corrected chi connectivity index (χ4v) is 4.09. The minimum absolute atomic E-state index is 0.172. The summed E-state index contributed by atoms with van der Waals surface area (Å²) < 4.78 is 7.52. The Morgan fingerprint density at radius 1 is 1.36 bits per heavy atom. The van der Waals surface area contributed by atoms with Crippen LogP contribution in [-0.4, -0.2) is 25.9 Å². The highest BCUT2D eigenvalue weighted by Gasteiger charge is 2.31. The van der Waals surface area contributed by atoms with Crippen LogP contribution in [0.15, 0.2) is 46.2 Å². The van der Waals surface area contributed by atoms with E-state index < -0.39 is 5.25 Å². The molecule has 146 valence electrons. The smallest absolute Gasteiger partial charge is 0.237 e. The summed E-state index contributed by atoms with van der Waals surface area (Å²) in [4.78, 5) is 12.6. The maximum absolute atomic E-state index is 12.6. The van der Waals surface area contributed by atoms with Gasteiger partial charge in [0.05, 0.1) is 28.8 Å². The van der Waals surface area contributed by atoms with E-state index >= 15 is 0 Å². The number of rotatable bonds is 7. The largest absolute Gasteiger partial charge is 0.467 e. The molecule has 9 heteroatoms. The molecule has 0 spiro atoms. The van der Waals surface area contributed by atoms with Crippen molar-refractivity contribution in [3.63, 3.8) is 0 Å². The van der Waals surface area contributed by atoms with Crippen LogP contribution in [0.25, 0.3) is 0 Å².